The molecule has 0 saturated carbocycles. The molecule has 0 bridgehead atoms. The summed E-state index contributed by atoms with van der Waals surface area (Å²) in [6.07, 6.45) is 1.62. The minimum Gasteiger partial charge on any atom is -0.349 e. The topological polar surface area (TPSA) is 46.2 Å². The van der Waals surface area contributed by atoms with Crippen LogP contribution in [0, 0.1) is 3.57 Å². The van der Waals surface area contributed by atoms with Crippen LogP contribution in [0.25, 0.3) is 0 Å². The lowest BCUT2D eigenvalue weighted by atomic mass is 10.2. The van der Waals surface area contributed by atoms with Crippen molar-refractivity contribution in [3.63, 3.8) is 0 Å². The highest BCUT2D eigenvalue weighted by molar-refractivity contribution is 14.1. The minimum atomic E-state index is -0.921. The summed E-state index contributed by atoms with van der Waals surface area (Å²) >= 11 is 7.93. The number of hydrogen-bond donors (Lipinski definition) is 1. The molecule has 0 aliphatic carbocycles. The molecule has 0 aromatic heterocycles. The predicted octanol–water partition coefficient (Wildman–Crippen LogP) is 2.44. The molecule has 1 amide bonds. The molecule has 0 aliphatic rings. The molecule has 2 atom stereocenters. The average Bonchev–Trinajstić information content (AvgIpc) is 2.20. The second-order valence-corrected chi connectivity index (χ2v) is 6.82. The maximum absolute atomic E-state index is 11.9. The summed E-state index contributed by atoms with van der Waals surface area (Å²) in [6, 6.07) is 5.04. The van der Waals surface area contributed by atoms with Crippen molar-refractivity contribution in [1.82, 2.24) is 5.32 Å². The van der Waals surface area contributed by atoms with Crippen LogP contribution in [0.5, 0.6) is 0 Å². The first-order valence-corrected chi connectivity index (χ1v) is 8.14. The third-order valence-corrected chi connectivity index (χ3v) is 4.18. The summed E-state index contributed by atoms with van der Waals surface area (Å²) in [7, 11) is -0.921. The molecule has 0 fully saturated rings. The van der Waals surface area contributed by atoms with E-state index in [1.54, 1.807) is 24.5 Å². The molecule has 1 aromatic rings. The zero-order valence-corrected chi connectivity index (χ0v) is 13.2. The Balaban J connectivity index is 2.76. The third-order valence-electron chi connectivity index (χ3n) is 2.04. The Morgan fingerprint density at radius 3 is 2.82 bits per heavy atom. The molecule has 6 heteroatoms. The van der Waals surface area contributed by atoms with Crippen molar-refractivity contribution < 1.29 is 9.00 Å². The van der Waals surface area contributed by atoms with E-state index in [1.165, 1.54) is 0 Å². The molecule has 0 aliphatic heterocycles. The highest BCUT2D eigenvalue weighted by Gasteiger charge is 2.13. The van der Waals surface area contributed by atoms with Gasteiger partial charge in [0.1, 0.15) is 0 Å². The van der Waals surface area contributed by atoms with Gasteiger partial charge in [-0.2, -0.15) is 0 Å². The predicted molar refractivity (Wildman–Crippen MR) is 80.0 cm³/mol. The van der Waals surface area contributed by atoms with Crippen molar-refractivity contribution in [3.8, 4) is 0 Å². The standard InChI is InChI=1S/C11H13ClINO2S/c1-7(6-17(2)16)14-11(15)9-5-8(12)3-4-10(9)13/h3-5,7H,6H2,1-2H3,(H,14,15). The lowest BCUT2D eigenvalue weighted by Crippen LogP contribution is -2.36. The highest BCUT2D eigenvalue weighted by Crippen LogP contribution is 2.17. The number of hydrogen-bond acceptors (Lipinski definition) is 2. The van der Waals surface area contributed by atoms with Crippen LogP contribution in [-0.4, -0.2) is 28.2 Å². The molecule has 1 N–H and O–H groups in total. The van der Waals surface area contributed by atoms with Crippen molar-refractivity contribution in [1.29, 1.82) is 0 Å². The number of rotatable bonds is 4. The Kier molecular flexibility index (Phi) is 5.88. The summed E-state index contributed by atoms with van der Waals surface area (Å²) < 4.78 is 11.9. The highest BCUT2D eigenvalue weighted by atomic mass is 127. The zero-order valence-electron chi connectivity index (χ0n) is 9.50. The fraction of sp³-hybridized carbons (Fsp3) is 0.364. The van der Waals surface area contributed by atoms with Crippen LogP contribution in [0.4, 0.5) is 0 Å². The van der Waals surface area contributed by atoms with Gasteiger partial charge in [0.2, 0.25) is 0 Å². The summed E-state index contributed by atoms with van der Waals surface area (Å²) in [5.74, 6) is 0.262. The van der Waals surface area contributed by atoms with Gasteiger partial charge in [0.05, 0.1) is 5.56 Å². The number of carbonyl (C=O) groups is 1. The normalized spacial score (nSPS) is 14.1. The lowest BCUT2D eigenvalue weighted by molar-refractivity contribution is 0.0943. The molecule has 0 radical (unpaired) electrons. The molecule has 0 spiro atoms. The lowest BCUT2D eigenvalue weighted by Gasteiger charge is -2.13. The van der Waals surface area contributed by atoms with Crippen molar-refractivity contribution >= 4 is 50.9 Å². The van der Waals surface area contributed by atoms with E-state index in [4.69, 9.17) is 11.6 Å². The average molecular weight is 386 g/mol. The van der Waals surface area contributed by atoms with Crippen molar-refractivity contribution in [3.05, 3.63) is 32.4 Å². The molecule has 2 unspecified atom stereocenters. The SMILES string of the molecule is CC(CS(C)=O)NC(=O)c1cc(Cl)ccc1I. The smallest absolute Gasteiger partial charge is 0.252 e. The van der Waals surface area contributed by atoms with Gasteiger partial charge in [-0.15, -0.1) is 0 Å². The van der Waals surface area contributed by atoms with Crippen LogP contribution in [0.2, 0.25) is 5.02 Å². The van der Waals surface area contributed by atoms with Gasteiger partial charge in [0.25, 0.3) is 5.91 Å². The van der Waals surface area contributed by atoms with Crippen LogP contribution >= 0.6 is 34.2 Å². The van der Waals surface area contributed by atoms with Gasteiger partial charge in [-0.05, 0) is 47.7 Å². The number of nitrogens with one attached hydrogen (secondary N) is 1. The summed E-state index contributed by atoms with van der Waals surface area (Å²) in [4.78, 5) is 11.9. The zero-order chi connectivity index (χ0) is 13.0. The largest absolute Gasteiger partial charge is 0.349 e. The Labute approximate surface area is 122 Å². The third kappa shape index (κ3) is 4.93. The van der Waals surface area contributed by atoms with E-state index < -0.39 is 10.8 Å². The van der Waals surface area contributed by atoms with Gasteiger partial charge in [0.15, 0.2) is 0 Å². The Morgan fingerprint density at radius 1 is 1.59 bits per heavy atom. The first-order chi connectivity index (χ1) is 7.90. The van der Waals surface area contributed by atoms with E-state index in [0.717, 1.165) is 3.57 Å². The van der Waals surface area contributed by atoms with Crippen LogP contribution < -0.4 is 5.32 Å². The minimum absolute atomic E-state index is 0.122. The van der Waals surface area contributed by atoms with E-state index in [-0.39, 0.29) is 11.9 Å². The molecule has 0 heterocycles. The number of carbonyl (C=O) groups excluding carboxylic acids is 1. The van der Waals surface area contributed by atoms with Gasteiger partial charge in [-0.3, -0.25) is 9.00 Å². The van der Waals surface area contributed by atoms with E-state index in [9.17, 15) is 9.00 Å². The molecule has 1 rings (SSSR count). The van der Waals surface area contributed by atoms with E-state index in [2.05, 4.69) is 27.9 Å². The molecular formula is C11H13ClINO2S. The monoisotopic (exact) mass is 385 g/mol. The van der Waals surface area contributed by atoms with Crippen LogP contribution in [-0.2, 0) is 10.8 Å². The fourth-order valence-corrected chi connectivity index (χ4v) is 2.91. The molecule has 0 saturated heterocycles. The van der Waals surface area contributed by atoms with Crippen LogP contribution in [0.1, 0.15) is 17.3 Å². The van der Waals surface area contributed by atoms with Gasteiger partial charge in [-0.1, -0.05) is 11.6 Å². The van der Waals surface area contributed by atoms with Crippen molar-refractivity contribution in [2.24, 2.45) is 0 Å². The van der Waals surface area contributed by atoms with Crippen LogP contribution in [0.15, 0.2) is 18.2 Å². The van der Waals surface area contributed by atoms with E-state index >= 15 is 0 Å². The van der Waals surface area contributed by atoms with Gasteiger partial charge < -0.3 is 5.32 Å². The second kappa shape index (κ2) is 6.70. The maximum Gasteiger partial charge on any atom is 0.252 e. The van der Waals surface area contributed by atoms with Gasteiger partial charge in [-0.25, -0.2) is 0 Å². The Morgan fingerprint density at radius 2 is 2.24 bits per heavy atom. The number of benzene rings is 1. The van der Waals surface area contributed by atoms with E-state index in [1.807, 2.05) is 6.92 Å². The van der Waals surface area contributed by atoms with Crippen molar-refractivity contribution in [2.75, 3.05) is 12.0 Å². The van der Waals surface area contributed by atoms with Gasteiger partial charge in [0, 0.05) is 37.4 Å². The van der Waals surface area contributed by atoms with E-state index in [0.29, 0.717) is 16.3 Å². The van der Waals surface area contributed by atoms with Crippen LogP contribution in [0.3, 0.4) is 0 Å². The molecule has 17 heavy (non-hydrogen) atoms. The molecule has 94 valence electrons. The number of amides is 1. The molecule has 1 aromatic carbocycles. The summed E-state index contributed by atoms with van der Waals surface area (Å²) in [5.41, 5.74) is 0.548. The first-order valence-electron chi connectivity index (χ1n) is 4.96. The number of halogens is 2. The first kappa shape index (κ1) is 14.9. The summed E-state index contributed by atoms with van der Waals surface area (Å²) in [6.45, 7) is 1.83. The fourth-order valence-electron chi connectivity index (χ4n) is 1.37. The Bertz CT molecular complexity index is 453. The second-order valence-electron chi connectivity index (χ2n) is 3.74. The van der Waals surface area contributed by atoms with Gasteiger partial charge >= 0.3 is 0 Å². The maximum atomic E-state index is 11.9. The quantitative estimate of drug-likeness (QED) is 0.809. The van der Waals surface area contributed by atoms with Crippen molar-refractivity contribution in [2.45, 2.75) is 13.0 Å². The molecule has 3 nitrogen and oxygen atoms in total. The molecular weight excluding hydrogens is 373 g/mol. The Hall–Kier alpha value is -0.140. The summed E-state index contributed by atoms with van der Waals surface area (Å²) in [5, 5.41) is 3.33.